The number of rotatable bonds is 4. The lowest BCUT2D eigenvalue weighted by Gasteiger charge is -2.26. The highest BCUT2D eigenvalue weighted by molar-refractivity contribution is 5.56. The molecule has 5 nitrogen and oxygen atoms in total. The molecular formula is C14H16N4O. The van der Waals surface area contributed by atoms with Gasteiger partial charge >= 0.3 is 0 Å². The minimum absolute atomic E-state index is 0.416. The van der Waals surface area contributed by atoms with E-state index in [0.717, 1.165) is 45.1 Å². The Bertz CT molecular complexity index is 509. The lowest BCUT2D eigenvalue weighted by atomic mass is 10.1. The Balaban J connectivity index is 1.86. The molecule has 1 heterocycles. The second-order valence-electron chi connectivity index (χ2n) is 4.36. The quantitative estimate of drug-likeness (QED) is 0.875. The third-order valence-electron chi connectivity index (χ3n) is 3.12. The molecule has 0 spiro atoms. The SMILES string of the molecule is N#Cc1ccc(NCCN2CCOCC2)cc1C#N. The fourth-order valence-corrected chi connectivity index (χ4v) is 2.03. The molecule has 2 rings (SSSR count). The van der Waals surface area contributed by atoms with E-state index < -0.39 is 0 Å². The van der Waals surface area contributed by atoms with Gasteiger partial charge in [-0.3, -0.25) is 4.90 Å². The molecule has 1 fully saturated rings. The van der Waals surface area contributed by atoms with E-state index in [4.69, 9.17) is 15.3 Å². The molecule has 1 aromatic rings. The van der Waals surface area contributed by atoms with Gasteiger partial charge in [-0.15, -0.1) is 0 Å². The second-order valence-corrected chi connectivity index (χ2v) is 4.36. The van der Waals surface area contributed by atoms with Crippen LogP contribution in [0.15, 0.2) is 18.2 Å². The topological polar surface area (TPSA) is 72.1 Å². The van der Waals surface area contributed by atoms with E-state index in [1.807, 2.05) is 18.2 Å². The average molecular weight is 256 g/mol. The molecule has 1 saturated heterocycles. The van der Waals surface area contributed by atoms with Crippen molar-refractivity contribution in [3.63, 3.8) is 0 Å². The minimum atomic E-state index is 0.416. The van der Waals surface area contributed by atoms with E-state index in [9.17, 15) is 0 Å². The van der Waals surface area contributed by atoms with Crippen molar-refractivity contribution in [2.24, 2.45) is 0 Å². The first kappa shape index (κ1) is 13.4. The smallest absolute Gasteiger partial charge is 0.101 e. The van der Waals surface area contributed by atoms with Crippen LogP contribution in [0.3, 0.4) is 0 Å². The molecule has 0 aromatic heterocycles. The Hall–Kier alpha value is -2.08. The van der Waals surface area contributed by atoms with Gasteiger partial charge in [0, 0.05) is 31.9 Å². The van der Waals surface area contributed by atoms with Gasteiger partial charge in [-0.2, -0.15) is 10.5 Å². The van der Waals surface area contributed by atoms with Crippen LogP contribution in [0.5, 0.6) is 0 Å². The fraction of sp³-hybridized carbons (Fsp3) is 0.429. The van der Waals surface area contributed by atoms with Crippen LogP contribution in [0.1, 0.15) is 11.1 Å². The number of nitriles is 2. The number of hydrogen-bond acceptors (Lipinski definition) is 5. The van der Waals surface area contributed by atoms with Crippen LogP contribution in [0.2, 0.25) is 0 Å². The largest absolute Gasteiger partial charge is 0.384 e. The van der Waals surface area contributed by atoms with E-state index >= 15 is 0 Å². The molecule has 0 bridgehead atoms. The van der Waals surface area contributed by atoms with E-state index in [-0.39, 0.29) is 0 Å². The number of hydrogen-bond donors (Lipinski definition) is 1. The summed E-state index contributed by atoms with van der Waals surface area (Å²) in [5.74, 6) is 0. The molecule has 1 aliphatic heterocycles. The summed E-state index contributed by atoms with van der Waals surface area (Å²) in [6, 6.07) is 9.27. The molecule has 0 radical (unpaired) electrons. The van der Waals surface area contributed by atoms with Crippen LogP contribution in [0.25, 0.3) is 0 Å². The summed E-state index contributed by atoms with van der Waals surface area (Å²) >= 11 is 0. The van der Waals surface area contributed by atoms with Gasteiger partial charge in [0.15, 0.2) is 0 Å². The Labute approximate surface area is 113 Å². The first-order chi connectivity index (χ1) is 9.33. The first-order valence-electron chi connectivity index (χ1n) is 6.31. The van der Waals surface area contributed by atoms with Crippen LogP contribution in [0.4, 0.5) is 5.69 Å². The molecule has 1 aromatic carbocycles. The van der Waals surface area contributed by atoms with Gasteiger partial charge in [0.05, 0.1) is 24.3 Å². The highest BCUT2D eigenvalue weighted by Gasteiger charge is 2.09. The predicted molar refractivity (Wildman–Crippen MR) is 71.6 cm³/mol. The third-order valence-corrected chi connectivity index (χ3v) is 3.12. The molecule has 0 saturated carbocycles. The van der Waals surface area contributed by atoms with Gasteiger partial charge in [-0.1, -0.05) is 0 Å². The van der Waals surface area contributed by atoms with Crippen LogP contribution in [-0.2, 0) is 4.74 Å². The van der Waals surface area contributed by atoms with Crippen molar-refractivity contribution in [1.29, 1.82) is 10.5 Å². The van der Waals surface area contributed by atoms with Crippen LogP contribution >= 0.6 is 0 Å². The lowest BCUT2D eigenvalue weighted by molar-refractivity contribution is 0.0398. The summed E-state index contributed by atoms with van der Waals surface area (Å²) in [5, 5.41) is 21.1. The zero-order valence-corrected chi connectivity index (χ0v) is 10.7. The molecule has 0 aliphatic carbocycles. The molecule has 0 unspecified atom stereocenters. The highest BCUT2D eigenvalue weighted by Crippen LogP contribution is 2.14. The van der Waals surface area contributed by atoms with Gasteiger partial charge in [-0.25, -0.2) is 0 Å². The second kappa shape index (κ2) is 6.75. The number of nitrogens with one attached hydrogen (secondary N) is 1. The van der Waals surface area contributed by atoms with Gasteiger partial charge in [0.25, 0.3) is 0 Å². The van der Waals surface area contributed by atoms with Crippen molar-refractivity contribution in [1.82, 2.24) is 4.90 Å². The molecule has 5 heteroatoms. The number of anilines is 1. The standard InChI is InChI=1S/C14H16N4O/c15-10-12-1-2-14(9-13(12)11-16)17-3-4-18-5-7-19-8-6-18/h1-2,9,17H,3-8H2. The number of ether oxygens (including phenoxy) is 1. The summed E-state index contributed by atoms with van der Waals surface area (Å²) < 4.78 is 5.29. The van der Waals surface area contributed by atoms with Gasteiger partial charge < -0.3 is 10.1 Å². The fourth-order valence-electron chi connectivity index (χ4n) is 2.03. The Morgan fingerprint density at radius 3 is 2.58 bits per heavy atom. The van der Waals surface area contributed by atoms with Gasteiger partial charge in [0.2, 0.25) is 0 Å². The number of benzene rings is 1. The van der Waals surface area contributed by atoms with E-state index in [2.05, 4.69) is 10.2 Å². The van der Waals surface area contributed by atoms with Crippen molar-refractivity contribution in [2.45, 2.75) is 0 Å². The number of nitrogens with zero attached hydrogens (tertiary/aromatic N) is 3. The van der Waals surface area contributed by atoms with E-state index in [1.165, 1.54) is 0 Å². The van der Waals surface area contributed by atoms with E-state index in [0.29, 0.717) is 11.1 Å². The highest BCUT2D eigenvalue weighted by atomic mass is 16.5. The Morgan fingerprint density at radius 1 is 1.16 bits per heavy atom. The molecule has 98 valence electrons. The summed E-state index contributed by atoms with van der Waals surface area (Å²) in [4.78, 5) is 2.34. The maximum Gasteiger partial charge on any atom is 0.101 e. The summed E-state index contributed by atoms with van der Waals surface area (Å²) in [5.41, 5.74) is 1.71. The molecule has 19 heavy (non-hydrogen) atoms. The van der Waals surface area contributed by atoms with Crippen molar-refractivity contribution in [3.05, 3.63) is 29.3 Å². The first-order valence-corrected chi connectivity index (χ1v) is 6.31. The van der Waals surface area contributed by atoms with Gasteiger partial charge in [-0.05, 0) is 18.2 Å². The van der Waals surface area contributed by atoms with Crippen LogP contribution in [0, 0.1) is 22.7 Å². The van der Waals surface area contributed by atoms with Crippen LogP contribution in [-0.4, -0.2) is 44.3 Å². The Kier molecular flexibility index (Phi) is 4.74. The lowest BCUT2D eigenvalue weighted by Crippen LogP contribution is -2.39. The molecule has 0 amide bonds. The summed E-state index contributed by atoms with van der Waals surface area (Å²) in [7, 11) is 0. The van der Waals surface area contributed by atoms with Crippen molar-refractivity contribution in [2.75, 3.05) is 44.7 Å². The molecule has 1 N–H and O–H groups in total. The molecular weight excluding hydrogens is 240 g/mol. The van der Waals surface area contributed by atoms with Gasteiger partial charge in [0.1, 0.15) is 12.1 Å². The predicted octanol–water partition coefficient (Wildman–Crippen LogP) is 1.17. The van der Waals surface area contributed by atoms with Crippen molar-refractivity contribution < 1.29 is 4.74 Å². The zero-order chi connectivity index (χ0) is 13.5. The maximum atomic E-state index is 8.95. The number of morpholine rings is 1. The van der Waals surface area contributed by atoms with Crippen molar-refractivity contribution in [3.8, 4) is 12.1 Å². The normalized spacial score (nSPS) is 15.5. The van der Waals surface area contributed by atoms with Crippen LogP contribution < -0.4 is 5.32 Å². The zero-order valence-electron chi connectivity index (χ0n) is 10.7. The monoisotopic (exact) mass is 256 g/mol. The maximum absolute atomic E-state index is 8.95. The summed E-state index contributed by atoms with van der Waals surface area (Å²) in [6.45, 7) is 5.31. The van der Waals surface area contributed by atoms with Crippen molar-refractivity contribution >= 4 is 5.69 Å². The average Bonchev–Trinajstić information content (AvgIpc) is 2.48. The third kappa shape index (κ3) is 3.69. The minimum Gasteiger partial charge on any atom is -0.384 e. The molecule has 1 aliphatic rings. The molecule has 0 atom stereocenters. The van der Waals surface area contributed by atoms with E-state index in [1.54, 1.807) is 12.1 Å². The summed E-state index contributed by atoms with van der Waals surface area (Å²) in [6.07, 6.45) is 0. The Morgan fingerprint density at radius 2 is 1.89 bits per heavy atom.